The van der Waals surface area contributed by atoms with Gasteiger partial charge < -0.3 is 15.2 Å². The fourth-order valence-electron chi connectivity index (χ4n) is 1.62. The van der Waals surface area contributed by atoms with Crippen LogP contribution in [0.15, 0.2) is 42.5 Å². The summed E-state index contributed by atoms with van der Waals surface area (Å²) in [5.74, 6) is -1.01. The van der Waals surface area contributed by atoms with E-state index in [9.17, 15) is 8.78 Å². The van der Waals surface area contributed by atoms with Crippen LogP contribution < -0.4 is 15.2 Å². The molecule has 21 heavy (non-hydrogen) atoms. The summed E-state index contributed by atoms with van der Waals surface area (Å²) >= 11 is 4.88. The molecule has 0 unspecified atom stereocenters. The third-order valence-electron chi connectivity index (χ3n) is 2.63. The first-order chi connectivity index (χ1) is 10.1. The van der Waals surface area contributed by atoms with Crippen molar-refractivity contribution >= 4 is 17.2 Å². The van der Waals surface area contributed by atoms with Crippen molar-refractivity contribution in [2.24, 2.45) is 5.73 Å². The molecular formula is C15H13F2NO2S. The number of hydrogen-bond acceptors (Lipinski definition) is 3. The molecule has 6 heteroatoms. The first-order valence-corrected chi connectivity index (χ1v) is 6.57. The Morgan fingerprint density at radius 3 is 2.24 bits per heavy atom. The van der Waals surface area contributed by atoms with E-state index in [4.69, 9.17) is 27.4 Å². The number of thiocarbonyl (C=S) groups is 1. The van der Waals surface area contributed by atoms with Gasteiger partial charge in [-0.05, 0) is 24.3 Å². The topological polar surface area (TPSA) is 44.5 Å². The molecule has 2 aromatic rings. The van der Waals surface area contributed by atoms with Gasteiger partial charge in [-0.1, -0.05) is 24.4 Å². The van der Waals surface area contributed by atoms with Gasteiger partial charge >= 0.3 is 0 Å². The molecule has 0 bridgehead atoms. The van der Waals surface area contributed by atoms with Crippen molar-refractivity contribution in [1.82, 2.24) is 0 Å². The Morgan fingerprint density at radius 1 is 0.952 bits per heavy atom. The fraction of sp³-hybridized carbons (Fsp3) is 0.133. The zero-order chi connectivity index (χ0) is 15.2. The van der Waals surface area contributed by atoms with Gasteiger partial charge in [0.25, 0.3) is 0 Å². The van der Waals surface area contributed by atoms with Crippen molar-refractivity contribution in [2.45, 2.75) is 0 Å². The summed E-state index contributed by atoms with van der Waals surface area (Å²) in [4.78, 5) is 0.290. The Hall–Kier alpha value is -2.21. The molecule has 0 fully saturated rings. The zero-order valence-corrected chi connectivity index (χ0v) is 11.8. The van der Waals surface area contributed by atoms with E-state index in [2.05, 4.69) is 0 Å². The third-order valence-corrected chi connectivity index (χ3v) is 2.87. The molecule has 0 aromatic heterocycles. The minimum Gasteiger partial charge on any atom is -0.490 e. The molecule has 3 nitrogen and oxygen atoms in total. The van der Waals surface area contributed by atoms with Crippen LogP contribution in [0.25, 0.3) is 0 Å². The lowest BCUT2D eigenvalue weighted by atomic mass is 10.2. The SMILES string of the molecule is NC(=S)c1cccc(OCCOc2ccc(F)c(F)c2)c1. The van der Waals surface area contributed by atoms with Crippen molar-refractivity contribution in [3.05, 3.63) is 59.7 Å². The van der Waals surface area contributed by atoms with Crippen molar-refractivity contribution in [3.63, 3.8) is 0 Å². The molecule has 2 rings (SSSR count). The first-order valence-electron chi connectivity index (χ1n) is 6.17. The number of halogens is 2. The number of hydrogen-bond donors (Lipinski definition) is 1. The lowest BCUT2D eigenvalue weighted by Crippen LogP contribution is -2.11. The van der Waals surface area contributed by atoms with Gasteiger partial charge in [0, 0.05) is 11.6 Å². The number of nitrogens with two attached hydrogens (primary N) is 1. The van der Waals surface area contributed by atoms with Crippen LogP contribution in [-0.4, -0.2) is 18.2 Å². The van der Waals surface area contributed by atoms with E-state index in [-0.39, 0.29) is 19.0 Å². The quantitative estimate of drug-likeness (QED) is 0.658. The van der Waals surface area contributed by atoms with Crippen LogP contribution >= 0.6 is 12.2 Å². The number of benzene rings is 2. The van der Waals surface area contributed by atoms with E-state index in [1.165, 1.54) is 6.07 Å². The monoisotopic (exact) mass is 309 g/mol. The van der Waals surface area contributed by atoms with Crippen LogP contribution in [0.1, 0.15) is 5.56 Å². The Morgan fingerprint density at radius 2 is 1.62 bits per heavy atom. The van der Waals surface area contributed by atoms with Gasteiger partial charge in [0.2, 0.25) is 0 Å². The summed E-state index contributed by atoms with van der Waals surface area (Å²) in [6, 6.07) is 10.4. The van der Waals surface area contributed by atoms with Gasteiger partial charge in [0.15, 0.2) is 11.6 Å². The van der Waals surface area contributed by atoms with Crippen molar-refractivity contribution in [1.29, 1.82) is 0 Å². The highest BCUT2D eigenvalue weighted by Gasteiger charge is 2.03. The third kappa shape index (κ3) is 4.39. The standard InChI is InChI=1S/C15H13F2NO2S/c16-13-5-4-12(9-14(13)17)20-7-6-19-11-3-1-2-10(8-11)15(18)21/h1-5,8-9H,6-7H2,(H2,18,21). The van der Waals surface area contributed by atoms with Crippen LogP contribution in [0.3, 0.4) is 0 Å². The molecule has 2 aromatic carbocycles. The lowest BCUT2D eigenvalue weighted by molar-refractivity contribution is 0.216. The fourth-order valence-corrected chi connectivity index (χ4v) is 1.75. The van der Waals surface area contributed by atoms with Gasteiger partial charge in [0.05, 0.1) is 0 Å². The van der Waals surface area contributed by atoms with Gasteiger partial charge in [-0.25, -0.2) is 8.78 Å². The normalized spacial score (nSPS) is 10.2. The molecule has 0 atom stereocenters. The summed E-state index contributed by atoms with van der Waals surface area (Å²) in [6.45, 7) is 0.447. The van der Waals surface area contributed by atoms with E-state index in [1.807, 2.05) is 0 Å². The highest BCUT2D eigenvalue weighted by atomic mass is 32.1. The van der Waals surface area contributed by atoms with Crippen LogP contribution in [0.2, 0.25) is 0 Å². The Bertz CT molecular complexity index is 649. The van der Waals surface area contributed by atoms with Gasteiger partial charge in [0.1, 0.15) is 29.7 Å². The zero-order valence-electron chi connectivity index (χ0n) is 11.0. The molecule has 0 aliphatic heterocycles. The molecule has 0 aliphatic rings. The average Bonchev–Trinajstić information content (AvgIpc) is 2.47. The second-order valence-corrected chi connectivity index (χ2v) is 4.60. The van der Waals surface area contributed by atoms with Gasteiger partial charge in [-0.15, -0.1) is 0 Å². The maximum Gasteiger partial charge on any atom is 0.162 e. The molecule has 0 saturated carbocycles. The van der Waals surface area contributed by atoms with E-state index in [0.717, 1.165) is 12.1 Å². The average molecular weight is 309 g/mol. The maximum absolute atomic E-state index is 13.0. The molecule has 0 saturated heterocycles. The van der Waals surface area contributed by atoms with Gasteiger partial charge in [-0.3, -0.25) is 0 Å². The second kappa shape index (κ2) is 6.99. The highest BCUT2D eigenvalue weighted by molar-refractivity contribution is 7.80. The predicted octanol–water partition coefficient (Wildman–Crippen LogP) is 3.06. The van der Waals surface area contributed by atoms with Crippen molar-refractivity contribution in [3.8, 4) is 11.5 Å². The molecular weight excluding hydrogens is 296 g/mol. The minimum absolute atomic E-state index is 0.197. The van der Waals surface area contributed by atoms with Crippen LogP contribution in [0.5, 0.6) is 11.5 Å². The molecule has 0 spiro atoms. The number of ether oxygens (including phenoxy) is 2. The summed E-state index contributed by atoms with van der Waals surface area (Å²) in [5.41, 5.74) is 6.24. The Kier molecular flexibility index (Phi) is 5.05. The van der Waals surface area contributed by atoms with Crippen LogP contribution in [0, 0.1) is 11.6 Å². The minimum atomic E-state index is -0.947. The summed E-state index contributed by atoms with van der Waals surface area (Å²) in [7, 11) is 0. The van der Waals surface area contributed by atoms with Crippen molar-refractivity contribution < 1.29 is 18.3 Å². The van der Waals surface area contributed by atoms with Crippen LogP contribution in [0.4, 0.5) is 8.78 Å². The molecule has 0 radical (unpaired) electrons. The smallest absolute Gasteiger partial charge is 0.162 e. The van der Waals surface area contributed by atoms with Gasteiger partial charge in [-0.2, -0.15) is 0 Å². The Balaban J connectivity index is 1.83. The summed E-state index contributed by atoms with van der Waals surface area (Å²) < 4.78 is 36.4. The predicted molar refractivity (Wildman–Crippen MR) is 79.7 cm³/mol. The Labute approximate surface area is 126 Å². The molecule has 0 heterocycles. The van der Waals surface area contributed by atoms with Crippen molar-refractivity contribution in [2.75, 3.05) is 13.2 Å². The summed E-state index contributed by atoms with van der Waals surface area (Å²) in [6.07, 6.45) is 0. The van der Waals surface area contributed by atoms with E-state index in [1.54, 1.807) is 24.3 Å². The molecule has 0 amide bonds. The highest BCUT2D eigenvalue weighted by Crippen LogP contribution is 2.16. The van der Waals surface area contributed by atoms with E-state index >= 15 is 0 Å². The molecule has 110 valence electrons. The summed E-state index contributed by atoms with van der Waals surface area (Å²) in [5, 5.41) is 0. The largest absolute Gasteiger partial charge is 0.490 e. The molecule has 2 N–H and O–H groups in total. The first kappa shape index (κ1) is 15.2. The van der Waals surface area contributed by atoms with Crippen LogP contribution in [-0.2, 0) is 0 Å². The maximum atomic E-state index is 13.0. The second-order valence-electron chi connectivity index (χ2n) is 4.16. The lowest BCUT2D eigenvalue weighted by Gasteiger charge is -2.09. The number of rotatable bonds is 6. The molecule has 0 aliphatic carbocycles. The van der Waals surface area contributed by atoms with E-state index in [0.29, 0.717) is 16.3 Å². The van der Waals surface area contributed by atoms with E-state index < -0.39 is 11.6 Å².